The number of carbonyl (C=O) groups excluding carboxylic acids is 1. The number of nitrogens with two attached hydrogens (primary N) is 1. The summed E-state index contributed by atoms with van der Waals surface area (Å²) in [5.74, 6) is -2.33. The predicted octanol–water partition coefficient (Wildman–Crippen LogP) is 2.36. The van der Waals surface area contributed by atoms with E-state index in [9.17, 15) is 14.0 Å². The second-order valence-corrected chi connectivity index (χ2v) is 4.08. The van der Waals surface area contributed by atoms with E-state index < -0.39 is 17.7 Å². The highest BCUT2D eigenvalue weighted by Gasteiger charge is 2.10. The third-order valence-electron chi connectivity index (χ3n) is 2.63. The summed E-state index contributed by atoms with van der Waals surface area (Å²) in [6.45, 7) is 0. The van der Waals surface area contributed by atoms with Crippen LogP contribution >= 0.6 is 0 Å². The number of amides is 1. The molecular formula is C14H11FN2O3. The normalized spacial score (nSPS) is 10.1. The molecule has 20 heavy (non-hydrogen) atoms. The Labute approximate surface area is 113 Å². The number of hydrogen-bond donors (Lipinski definition) is 3. The SMILES string of the molecule is Nc1ccc(C(=O)Nc2cccc(C(=O)O)c2)cc1F. The molecule has 0 radical (unpaired) electrons. The number of nitrogens with one attached hydrogen (secondary N) is 1. The van der Waals surface area contributed by atoms with Gasteiger partial charge in [0.15, 0.2) is 0 Å². The minimum Gasteiger partial charge on any atom is -0.478 e. The van der Waals surface area contributed by atoms with Crippen molar-refractivity contribution in [2.75, 3.05) is 11.1 Å². The van der Waals surface area contributed by atoms with E-state index in [1.54, 1.807) is 0 Å². The molecule has 2 rings (SSSR count). The second kappa shape index (κ2) is 5.40. The van der Waals surface area contributed by atoms with E-state index in [-0.39, 0.29) is 16.8 Å². The molecule has 0 bridgehead atoms. The molecule has 102 valence electrons. The van der Waals surface area contributed by atoms with Crippen molar-refractivity contribution in [2.45, 2.75) is 0 Å². The first kappa shape index (κ1) is 13.5. The van der Waals surface area contributed by atoms with E-state index in [4.69, 9.17) is 10.8 Å². The maximum atomic E-state index is 13.3. The number of nitrogen functional groups attached to an aromatic ring is 1. The Morgan fingerprint density at radius 3 is 2.50 bits per heavy atom. The average molecular weight is 274 g/mol. The van der Waals surface area contributed by atoms with Crippen molar-refractivity contribution in [3.63, 3.8) is 0 Å². The summed E-state index contributed by atoms with van der Waals surface area (Å²) in [5, 5.41) is 11.3. The van der Waals surface area contributed by atoms with Crippen molar-refractivity contribution >= 4 is 23.3 Å². The highest BCUT2D eigenvalue weighted by molar-refractivity contribution is 6.05. The van der Waals surface area contributed by atoms with Crippen molar-refractivity contribution < 1.29 is 19.1 Å². The van der Waals surface area contributed by atoms with E-state index in [1.807, 2.05) is 0 Å². The lowest BCUT2D eigenvalue weighted by Gasteiger charge is -2.06. The second-order valence-electron chi connectivity index (χ2n) is 4.08. The molecule has 0 saturated heterocycles. The standard InChI is InChI=1S/C14H11FN2O3/c15-11-7-8(4-5-12(11)16)13(18)17-10-3-1-2-9(6-10)14(19)20/h1-7H,16H2,(H,17,18)(H,19,20). The topological polar surface area (TPSA) is 92.4 Å². The molecule has 0 atom stereocenters. The van der Waals surface area contributed by atoms with Gasteiger partial charge in [0.2, 0.25) is 0 Å². The Morgan fingerprint density at radius 1 is 1.10 bits per heavy atom. The number of rotatable bonds is 3. The van der Waals surface area contributed by atoms with Crippen LogP contribution in [0.3, 0.4) is 0 Å². The van der Waals surface area contributed by atoms with Crippen LogP contribution in [0.15, 0.2) is 42.5 Å². The quantitative estimate of drug-likeness (QED) is 0.749. The van der Waals surface area contributed by atoms with Gasteiger partial charge in [-0.2, -0.15) is 0 Å². The molecule has 0 aliphatic carbocycles. The van der Waals surface area contributed by atoms with Crippen molar-refractivity contribution in [2.24, 2.45) is 0 Å². The van der Waals surface area contributed by atoms with E-state index >= 15 is 0 Å². The van der Waals surface area contributed by atoms with Gasteiger partial charge in [-0.1, -0.05) is 6.07 Å². The van der Waals surface area contributed by atoms with Crippen LogP contribution in [-0.4, -0.2) is 17.0 Å². The monoisotopic (exact) mass is 274 g/mol. The summed E-state index contributed by atoms with van der Waals surface area (Å²) in [7, 11) is 0. The van der Waals surface area contributed by atoms with Crippen molar-refractivity contribution in [3.8, 4) is 0 Å². The van der Waals surface area contributed by atoms with E-state index in [0.29, 0.717) is 5.69 Å². The van der Waals surface area contributed by atoms with Gasteiger partial charge in [-0.3, -0.25) is 4.79 Å². The van der Waals surface area contributed by atoms with Crippen LogP contribution in [0.1, 0.15) is 20.7 Å². The Balaban J connectivity index is 2.21. The zero-order valence-electron chi connectivity index (χ0n) is 10.3. The molecular weight excluding hydrogens is 263 g/mol. The number of aromatic carboxylic acids is 1. The highest BCUT2D eigenvalue weighted by atomic mass is 19.1. The molecule has 0 heterocycles. The van der Waals surface area contributed by atoms with Gasteiger partial charge in [0, 0.05) is 11.3 Å². The average Bonchev–Trinajstić information content (AvgIpc) is 2.42. The lowest BCUT2D eigenvalue weighted by molar-refractivity contribution is 0.0696. The van der Waals surface area contributed by atoms with Crippen LogP contribution in [0.2, 0.25) is 0 Å². The van der Waals surface area contributed by atoms with Crippen LogP contribution in [0.25, 0.3) is 0 Å². The van der Waals surface area contributed by atoms with Crippen LogP contribution in [-0.2, 0) is 0 Å². The zero-order valence-corrected chi connectivity index (χ0v) is 10.3. The molecule has 0 aliphatic heterocycles. The van der Waals surface area contributed by atoms with Gasteiger partial charge in [0.25, 0.3) is 5.91 Å². The van der Waals surface area contributed by atoms with Gasteiger partial charge >= 0.3 is 5.97 Å². The summed E-state index contributed by atoms with van der Waals surface area (Å²) in [5.41, 5.74) is 5.73. The number of hydrogen-bond acceptors (Lipinski definition) is 3. The van der Waals surface area contributed by atoms with Gasteiger partial charge in [0.05, 0.1) is 11.3 Å². The lowest BCUT2D eigenvalue weighted by atomic mass is 10.1. The first-order chi connectivity index (χ1) is 9.47. The number of halogens is 1. The molecule has 0 aromatic heterocycles. The van der Waals surface area contributed by atoms with Crippen LogP contribution in [0.5, 0.6) is 0 Å². The molecule has 2 aromatic carbocycles. The minimum absolute atomic E-state index is 0.0468. The number of carbonyl (C=O) groups is 2. The molecule has 6 heteroatoms. The zero-order chi connectivity index (χ0) is 14.7. The summed E-state index contributed by atoms with van der Waals surface area (Å²) in [6.07, 6.45) is 0. The van der Waals surface area contributed by atoms with E-state index in [2.05, 4.69) is 5.32 Å². The fraction of sp³-hybridized carbons (Fsp3) is 0. The van der Waals surface area contributed by atoms with Gasteiger partial charge in [-0.05, 0) is 36.4 Å². The highest BCUT2D eigenvalue weighted by Crippen LogP contribution is 2.15. The van der Waals surface area contributed by atoms with Crippen LogP contribution < -0.4 is 11.1 Å². The summed E-state index contributed by atoms with van der Waals surface area (Å²) < 4.78 is 13.3. The van der Waals surface area contributed by atoms with Crippen LogP contribution in [0, 0.1) is 5.82 Å². The molecule has 0 saturated carbocycles. The Morgan fingerprint density at radius 2 is 1.85 bits per heavy atom. The summed E-state index contributed by atoms with van der Waals surface area (Å²) in [6, 6.07) is 9.45. The molecule has 0 unspecified atom stereocenters. The largest absolute Gasteiger partial charge is 0.478 e. The molecule has 0 aliphatic rings. The molecule has 0 fully saturated rings. The summed E-state index contributed by atoms with van der Waals surface area (Å²) in [4.78, 5) is 22.7. The number of anilines is 2. The van der Waals surface area contributed by atoms with Gasteiger partial charge in [-0.25, -0.2) is 9.18 Å². The van der Waals surface area contributed by atoms with Crippen molar-refractivity contribution in [1.29, 1.82) is 0 Å². The number of benzene rings is 2. The predicted molar refractivity (Wildman–Crippen MR) is 72.2 cm³/mol. The third-order valence-corrected chi connectivity index (χ3v) is 2.63. The minimum atomic E-state index is -1.10. The molecule has 2 aromatic rings. The number of carboxylic acids is 1. The van der Waals surface area contributed by atoms with E-state index in [0.717, 1.165) is 6.07 Å². The van der Waals surface area contributed by atoms with E-state index in [1.165, 1.54) is 36.4 Å². The summed E-state index contributed by atoms with van der Waals surface area (Å²) >= 11 is 0. The Bertz CT molecular complexity index is 686. The maximum Gasteiger partial charge on any atom is 0.335 e. The van der Waals surface area contributed by atoms with Crippen molar-refractivity contribution in [1.82, 2.24) is 0 Å². The maximum absolute atomic E-state index is 13.3. The Kier molecular flexibility index (Phi) is 3.65. The molecule has 1 amide bonds. The molecule has 5 nitrogen and oxygen atoms in total. The third kappa shape index (κ3) is 2.92. The fourth-order valence-corrected chi connectivity index (χ4v) is 1.60. The van der Waals surface area contributed by atoms with Gasteiger partial charge < -0.3 is 16.2 Å². The number of carboxylic acid groups (broad SMARTS) is 1. The fourth-order valence-electron chi connectivity index (χ4n) is 1.60. The molecule has 0 spiro atoms. The molecule has 4 N–H and O–H groups in total. The van der Waals surface area contributed by atoms with Gasteiger partial charge in [-0.15, -0.1) is 0 Å². The van der Waals surface area contributed by atoms with Crippen molar-refractivity contribution in [3.05, 3.63) is 59.4 Å². The Hall–Kier alpha value is -2.89. The lowest BCUT2D eigenvalue weighted by Crippen LogP contribution is -2.13. The van der Waals surface area contributed by atoms with Gasteiger partial charge in [0.1, 0.15) is 5.82 Å². The first-order valence-electron chi connectivity index (χ1n) is 5.67. The smallest absolute Gasteiger partial charge is 0.335 e. The first-order valence-corrected chi connectivity index (χ1v) is 5.67. The van der Waals surface area contributed by atoms with Crippen LogP contribution in [0.4, 0.5) is 15.8 Å².